The van der Waals surface area contributed by atoms with Gasteiger partial charge in [0.05, 0.1) is 18.7 Å². The predicted molar refractivity (Wildman–Crippen MR) is 68.2 cm³/mol. The number of amides is 1. The Bertz CT molecular complexity index is 427. The maximum Gasteiger partial charge on any atom is 0.277 e. The molecule has 0 aliphatic rings. The van der Waals surface area contributed by atoms with Crippen LogP contribution in [0.1, 0.15) is 10.4 Å². The van der Waals surface area contributed by atoms with E-state index in [-0.39, 0.29) is 5.56 Å². The third kappa shape index (κ3) is 4.33. The van der Waals surface area contributed by atoms with Crippen molar-refractivity contribution in [3.8, 4) is 0 Å². The van der Waals surface area contributed by atoms with E-state index in [2.05, 4.69) is 37.2 Å². The molecule has 0 spiro atoms. The molecule has 1 amide bonds. The van der Waals surface area contributed by atoms with E-state index in [0.29, 0.717) is 8.95 Å². The summed E-state index contributed by atoms with van der Waals surface area (Å²) in [5.41, 5.74) is 5.15. The van der Waals surface area contributed by atoms with Crippen molar-refractivity contribution in [1.82, 2.24) is 5.32 Å². The SMILES string of the molecule is NCC(F)(F)CNC(=O)c1cc(Br)ccc1Br. The molecule has 1 rings (SSSR count). The minimum atomic E-state index is -3.09. The summed E-state index contributed by atoms with van der Waals surface area (Å²) >= 11 is 6.37. The molecular weight excluding hydrogens is 362 g/mol. The van der Waals surface area contributed by atoms with Crippen LogP contribution in [-0.2, 0) is 0 Å². The summed E-state index contributed by atoms with van der Waals surface area (Å²) in [5, 5.41) is 2.14. The molecule has 0 atom stereocenters. The molecule has 0 saturated carbocycles. The standard InChI is InChI=1S/C10H10Br2F2N2O/c11-6-1-2-8(12)7(3-6)9(17)16-5-10(13,14)4-15/h1-3H,4-5,15H2,(H,16,17). The highest BCUT2D eigenvalue weighted by molar-refractivity contribution is 9.11. The van der Waals surface area contributed by atoms with E-state index in [4.69, 9.17) is 5.73 Å². The topological polar surface area (TPSA) is 55.1 Å². The van der Waals surface area contributed by atoms with Crippen molar-refractivity contribution in [2.75, 3.05) is 13.1 Å². The molecule has 94 valence electrons. The molecule has 0 aromatic heterocycles. The van der Waals surface area contributed by atoms with Crippen LogP contribution in [0.2, 0.25) is 0 Å². The lowest BCUT2D eigenvalue weighted by molar-refractivity contribution is 0.0118. The third-order valence-electron chi connectivity index (χ3n) is 1.98. The van der Waals surface area contributed by atoms with Gasteiger partial charge in [-0.25, -0.2) is 8.78 Å². The first-order valence-electron chi connectivity index (χ1n) is 4.67. The molecule has 0 aliphatic heterocycles. The van der Waals surface area contributed by atoms with E-state index in [1.807, 2.05) is 0 Å². The molecule has 0 saturated heterocycles. The van der Waals surface area contributed by atoms with Crippen LogP contribution in [0.5, 0.6) is 0 Å². The van der Waals surface area contributed by atoms with E-state index < -0.39 is 24.9 Å². The van der Waals surface area contributed by atoms with Gasteiger partial charge in [-0.2, -0.15) is 0 Å². The zero-order valence-corrected chi connectivity index (χ0v) is 11.8. The van der Waals surface area contributed by atoms with Crippen LogP contribution in [0, 0.1) is 0 Å². The van der Waals surface area contributed by atoms with Crippen LogP contribution in [0.4, 0.5) is 8.78 Å². The summed E-state index contributed by atoms with van der Waals surface area (Å²) in [4.78, 5) is 11.6. The van der Waals surface area contributed by atoms with Gasteiger partial charge in [-0.3, -0.25) is 4.79 Å². The van der Waals surface area contributed by atoms with Crippen LogP contribution < -0.4 is 11.1 Å². The minimum absolute atomic E-state index is 0.284. The Balaban J connectivity index is 2.74. The maximum absolute atomic E-state index is 12.8. The lowest BCUT2D eigenvalue weighted by Crippen LogP contribution is -2.41. The fraction of sp³-hybridized carbons (Fsp3) is 0.300. The van der Waals surface area contributed by atoms with Crippen LogP contribution in [0.3, 0.4) is 0 Å². The number of carbonyl (C=O) groups excluding carboxylic acids is 1. The highest BCUT2D eigenvalue weighted by atomic mass is 79.9. The third-order valence-corrected chi connectivity index (χ3v) is 3.16. The second-order valence-electron chi connectivity index (χ2n) is 3.37. The van der Waals surface area contributed by atoms with Gasteiger partial charge in [0.1, 0.15) is 0 Å². The monoisotopic (exact) mass is 370 g/mol. The molecule has 3 nitrogen and oxygen atoms in total. The first-order chi connectivity index (χ1) is 7.85. The highest BCUT2D eigenvalue weighted by Crippen LogP contribution is 2.21. The maximum atomic E-state index is 12.8. The fourth-order valence-electron chi connectivity index (χ4n) is 1.05. The van der Waals surface area contributed by atoms with Gasteiger partial charge in [0.2, 0.25) is 0 Å². The number of benzene rings is 1. The lowest BCUT2D eigenvalue weighted by Gasteiger charge is -2.15. The highest BCUT2D eigenvalue weighted by Gasteiger charge is 2.27. The number of carbonyl (C=O) groups is 1. The number of rotatable bonds is 4. The average molecular weight is 372 g/mol. The molecule has 1 aromatic rings. The molecule has 0 aliphatic carbocycles. The number of nitrogens with one attached hydrogen (secondary N) is 1. The molecule has 0 heterocycles. The van der Waals surface area contributed by atoms with Crippen molar-refractivity contribution in [3.05, 3.63) is 32.7 Å². The number of alkyl halides is 2. The number of hydrogen-bond acceptors (Lipinski definition) is 2. The van der Waals surface area contributed by atoms with E-state index in [9.17, 15) is 13.6 Å². The molecule has 1 aromatic carbocycles. The summed E-state index contributed by atoms with van der Waals surface area (Å²) in [5.74, 6) is -3.67. The summed E-state index contributed by atoms with van der Waals surface area (Å²) in [6.07, 6.45) is 0. The lowest BCUT2D eigenvalue weighted by atomic mass is 10.2. The van der Waals surface area contributed by atoms with Gasteiger partial charge in [-0.1, -0.05) is 15.9 Å². The van der Waals surface area contributed by atoms with Crippen molar-refractivity contribution >= 4 is 37.8 Å². The Morgan fingerprint density at radius 3 is 2.65 bits per heavy atom. The second kappa shape index (κ2) is 5.88. The number of halogens is 4. The van der Waals surface area contributed by atoms with Crippen LogP contribution in [0.15, 0.2) is 27.1 Å². The van der Waals surface area contributed by atoms with Crippen molar-refractivity contribution in [2.45, 2.75) is 5.92 Å². The van der Waals surface area contributed by atoms with E-state index in [1.54, 1.807) is 18.2 Å². The van der Waals surface area contributed by atoms with Gasteiger partial charge >= 0.3 is 0 Å². The number of hydrogen-bond donors (Lipinski definition) is 2. The van der Waals surface area contributed by atoms with E-state index >= 15 is 0 Å². The van der Waals surface area contributed by atoms with Gasteiger partial charge in [0.25, 0.3) is 11.8 Å². The average Bonchev–Trinajstić information content (AvgIpc) is 2.29. The predicted octanol–water partition coefficient (Wildman–Crippen LogP) is 2.54. The normalized spacial score (nSPS) is 11.4. The van der Waals surface area contributed by atoms with Crippen LogP contribution in [0.25, 0.3) is 0 Å². The quantitative estimate of drug-likeness (QED) is 0.854. The largest absolute Gasteiger partial charge is 0.346 e. The first-order valence-corrected chi connectivity index (χ1v) is 6.25. The molecule has 17 heavy (non-hydrogen) atoms. The van der Waals surface area contributed by atoms with Crippen molar-refractivity contribution in [3.63, 3.8) is 0 Å². The zero-order valence-electron chi connectivity index (χ0n) is 8.64. The van der Waals surface area contributed by atoms with Crippen molar-refractivity contribution in [1.29, 1.82) is 0 Å². The van der Waals surface area contributed by atoms with Gasteiger partial charge in [-0.05, 0) is 34.1 Å². The minimum Gasteiger partial charge on any atom is -0.346 e. The first kappa shape index (κ1) is 14.5. The molecule has 0 radical (unpaired) electrons. The molecular formula is C10H10Br2F2N2O. The molecule has 0 fully saturated rings. The molecule has 0 unspecified atom stereocenters. The van der Waals surface area contributed by atoms with Crippen LogP contribution in [-0.4, -0.2) is 24.9 Å². The summed E-state index contributed by atoms with van der Waals surface area (Å²) < 4.78 is 26.9. The Kier molecular flexibility index (Phi) is 5.03. The zero-order chi connectivity index (χ0) is 13.1. The molecule has 7 heteroatoms. The fourth-order valence-corrected chi connectivity index (χ4v) is 1.84. The van der Waals surface area contributed by atoms with Gasteiger partial charge in [0, 0.05) is 8.95 Å². The summed E-state index contributed by atoms with van der Waals surface area (Å²) in [7, 11) is 0. The van der Waals surface area contributed by atoms with Crippen molar-refractivity contribution < 1.29 is 13.6 Å². The summed E-state index contributed by atoms with van der Waals surface area (Å²) in [6.45, 7) is -1.58. The van der Waals surface area contributed by atoms with Crippen molar-refractivity contribution in [2.24, 2.45) is 5.73 Å². The second-order valence-corrected chi connectivity index (χ2v) is 5.14. The Morgan fingerprint density at radius 2 is 2.06 bits per heavy atom. The smallest absolute Gasteiger partial charge is 0.277 e. The van der Waals surface area contributed by atoms with E-state index in [1.165, 1.54) is 0 Å². The molecule has 3 N–H and O–H groups in total. The Hall–Kier alpha value is -0.530. The Labute approximate surface area is 114 Å². The number of nitrogens with two attached hydrogens (primary N) is 1. The van der Waals surface area contributed by atoms with Crippen LogP contribution >= 0.6 is 31.9 Å². The molecule has 0 bridgehead atoms. The van der Waals surface area contributed by atoms with Gasteiger partial charge in [0.15, 0.2) is 0 Å². The van der Waals surface area contributed by atoms with E-state index in [0.717, 1.165) is 0 Å². The van der Waals surface area contributed by atoms with Gasteiger partial charge < -0.3 is 11.1 Å². The Morgan fingerprint density at radius 1 is 1.41 bits per heavy atom. The van der Waals surface area contributed by atoms with Gasteiger partial charge in [-0.15, -0.1) is 0 Å². The summed E-state index contributed by atoms with van der Waals surface area (Å²) in [6, 6.07) is 4.93.